The summed E-state index contributed by atoms with van der Waals surface area (Å²) in [4.78, 5) is 0. The average molecular weight is 235 g/mol. The van der Waals surface area contributed by atoms with Crippen LogP contribution in [-0.4, -0.2) is 0 Å². The van der Waals surface area contributed by atoms with E-state index in [1.54, 1.807) is 0 Å². The van der Waals surface area contributed by atoms with Crippen LogP contribution in [0.5, 0.6) is 0 Å². The Morgan fingerprint density at radius 2 is 1.69 bits per heavy atom. The van der Waals surface area contributed by atoms with Crippen LogP contribution in [0.25, 0.3) is 0 Å². The van der Waals surface area contributed by atoms with Crippen molar-refractivity contribution >= 4 is 11.6 Å². The fourth-order valence-corrected chi connectivity index (χ4v) is 2.16. The highest BCUT2D eigenvalue weighted by molar-refractivity contribution is 6.31. The maximum Gasteiger partial charge on any atom is 0.0443 e. The molecular weight excluding hydrogens is 216 g/mol. The SMILES string of the molecule is CC#CC(C)C(C)c1cc(C)c(C)cc1Cl. The van der Waals surface area contributed by atoms with Gasteiger partial charge in [-0.1, -0.05) is 37.4 Å². The molecule has 1 heteroatoms. The van der Waals surface area contributed by atoms with Crippen LogP contribution >= 0.6 is 11.6 Å². The first-order valence-electron chi connectivity index (χ1n) is 5.66. The molecule has 0 aromatic heterocycles. The topological polar surface area (TPSA) is 0 Å². The predicted octanol–water partition coefficient (Wildman–Crippen LogP) is 4.72. The lowest BCUT2D eigenvalue weighted by Crippen LogP contribution is -2.05. The van der Waals surface area contributed by atoms with Gasteiger partial charge in [-0.25, -0.2) is 0 Å². The molecule has 0 nitrogen and oxygen atoms in total. The van der Waals surface area contributed by atoms with Crippen LogP contribution in [0.3, 0.4) is 0 Å². The first kappa shape index (κ1) is 13.1. The van der Waals surface area contributed by atoms with E-state index in [0.717, 1.165) is 5.02 Å². The van der Waals surface area contributed by atoms with Gasteiger partial charge in [0, 0.05) is 10.9 Å². The van der Waals surface area contributed by atoms with E-state index in [1.807, 2.05) is 6.92 Å². The van der Waals surface area contributed by atoms with Gasteiger partial charge < -0.3 is 0 Å². The van der Waals surface area contributed by atoms with Gasteiger partial charge in [0.05, 0.1) is 0 Å². The first-order chi connectivity index (χ1) is 7.47. The summed E-state index contributed by atoms with van der Waals surface area (Å²) < 4.78 is 0. The minimum Gasteiger partial charge on any atom is -0.106 e. The van der Waals surface area contributed by atoms with Crippen molar-refractivity contribution in [3.8, 4) is 11.8 Å². The van der Waals surface area contributed by atoms with Crippen molar-refractivity contribution in [2.24, 2.45) is 5.92 Å². The smallest absolute Gasteiger partial charge is 0.0443 e. The van der Waals surface area contributed by atoms with Crippen LogP contribution in [0.15, 0.2) is 12.1 Å². The van der Waals surface area contributed by atoms with Crippen LogP contribution < -0.4 is 0 Å². The van der Waals surface area contributed by atoms with Crippen LogP contribution in [0, 0.1) is 31.6 Å². The fourth-order valence-electron chi connectivity index (χ4n) is 1.77. The molecule has 0 N–H and O–H groups in total. The van der Waals surface area contributed by atoms with E-state index in [0.29, 0.717) is 11.8 Å². The highest BCUT2D eigenvalue weighted by Gasteiger charge is 2.16. The fraction of sp³-hybridized carbons (Fsp3) is 0.467. The number of rotatable bonds is 2. The highest BCUT2D eigenvalue weighted by atomic mass is 35.5. The van der Waals surface area contributed by atoms with E-state index in [2.05, 4.69) is 51.7 Å². The molecule has 1 rings (SSSR count). The van der Waals surface area contributed by atoms with Gasteiger partial charge >= 0.3 is 0 Å². The van der Waals surface area contributed by atoms with Gasteiger partial charge in [0.2, 0.25) is 0 Å². The minimum atomic E-state index is 0.338. The van der Waals surface area contributed by atoms with Crippen LogP contribution in [0.2, 0.25) is 5.02 Å². The van der Waals surface area contributed by atoms with Crippen molar-refractivity contribution in [3.05, 3.63) is 33.8 Å². The third kappa shape index (κ3) is 2.80. The molecule has 0 aliphatic carbocycles. The Labute approximate surface area is 104 Å². The van der Waals surface area contributed by atoms with Crippen LogP contribution in [0.4, 0.5) is 0 Å². The molecule has 86 valence electrons. The summed E-state index contributed by atoms with van der Waals surface area (Å²) >= 11 is 6.29. The van der Waals surface area contributed by atoms with Crippen LogP contribution in [0.1, 0.15) is 43.4 Å². The lowest BCUT2D eigenvalue weighted by atomic mass is 9.87. The number of hydrogen-bond acceptors (Lipinski definition) is 0. The zero-order valence-corrected chi connectivity index (χ0v) is 11.4. The largest absolute Gasteiger partial charge is 0.106 e. The molecule has 0 aliphatic heterocycles. The zero-order valence-electron chi connectivity index (χ0n) is 10.7. The second-order valence-corrected chi connectivity index (χ2v) is 4.84. The molecule has 0 heterocycles. The molecule has 0 radical (unpaired) electrons. The molecule has 0 spiro atoms. The van der Waals surface area contributed by atoms with Gasteiger partial charge in [-0.2, -0.15) is 0 Å². The summed E-state index contributed by atoms with van der Waals surface area (Å²) in [5.74, 6) is 6.88. The molecule has 0 amide bonds. The lowest BCUT2D eigenvalue weighted by molar-refractivity contribution is 0.609. The maximum absolute atomic E-state index is 6.29. The molecule has 0 saturated heterocycles. The highest BCUT2D eigenvalue weighted by Crippen LogP contribution is 2.31. The maximum atomic E-state index is 6.29. The predicted molar refractivity (Wildman–Crippen MR) is 72.0 cm³/mol. The van der Waals surface area contributed by atoms with Crippen molar-refractivity contribution in [2.75, 3.05) is 0 Å². The molecule has 1 aromatic carbocycles. The standard InChI is InChI=1S/C15H19Cl/c1-6-7-10(2)13(5)14-8-11(3)12(4)9-15(14)16/h8-10,13H,1-5H3. The second-order valence-electron chi connectivity index (χ2n) is 4.43. The molecule has 2 atom stereocenters. The Morgan fingerprint density at radius 1 is 1.12 bits per heavy atom. The molecule has 1 aromatic rings. The minimum absolute atomic E-state index is 0.338. The monoisotopic (exact) mass is 234 g/mol. The Bertz CT molecular complexity index is 435. The number of benzene rings is 1. The van der Waals surface area contributed by atoms with E-state index < -0.39 is 0 Å². The summed E-state index contributed by atoms with van der Waals surface area (Å²) in [6.45, 7) is 10.4. The van der Waals surface area contributed by atoms with E-state index >= 15 is 0 Å². The van der Waals surface area contributed by atoms with Gasteiger partial charge in [-0.3, -0.25) is 0 Å². The van der Waals surface area contributed by atoms with Gasteiger partial charge in [0.15, 0.2) is 0 Å². The molecule has 0 bridgehead atoms. The zero-order chi connectivity index (χ0) is 12.3. The van der Waals surface area contributed by atoms with Crippen molar-refractivity contribution in [1.82, 2.24) is 0 Å². The average Bonchev–Trinajstić information content (AvgIpc) is 2.23. The summed E-state index contributed by atoms with van der Waals surface area (Å²) in [7, 11) is 0. The van der Waals surface area contributed by atoms with Crippen molar-refractivity contribution in [2.45, 2.75) is 40.5 Å². The Morgan fingerprint density at radius 3 is 2.25 bits per heavy atom. The summed E-state index contributed by atoms with van der Waals surface area (Å²) in [5, 5.41) is 0.861. The molecule has 2 unspecified atom stereocenters. The van der Waals surface area contributed by atoms with E-state index in [9.17, 15) is 0 Å². The van der Waals surface area contributed by atoms with Crippen molar-refractivity contribution in [3.63, 3.8) is 0 Å². The normalized spacial score (nSPS) is 13.9. The van der Waals surface area contributed by atoms with Gasteiger partial charge in [0.1, 0.15) is 0 Å². The third-order valence-electron chi connectivity index (χ3n) is 3.23. The molecular formula is C15H19Cl. The van der Waals surface area contributed by atoms with Crippen molar-refractivity contribution < 1.29 is 0 Å². The third-order valence-corrected chi connectivity index (χ3v) is 3.55. The van der Waals surface area contributed by atoms with E-state index in [1.165, 1.54) is 16.7 Å². The second kappa shape index (κ2) is 5.41. The number of aryl methyl sites for hydroxylation is 2. The summed E-state index contributed by atoms with van der Waals surface area (Å²) in [5.41, 5.74) is 3.75. The molecule has 0 aliphatic rings. The Kier molecular flexibility index (Phi) is 4.44. The van der Waals surface area contributed by atoms with E-state index in [-0.39, 0.29) is 0 Å². The number of hydrogen-bond donors (Lipinski definition) is 0. The molecule has 0 saturated carbocycles. The molecule has 16 heavy (non-hydrogen) atoms. The summed E-state index contributed by atoms with van der Waals surface area (Å²) in [6, 6.07) is 4.24. The quantitative estimate of drug-likeness (QED) is 0.650. The Hall–Kier alpha value is -0.930. The van der Waals surface area contributed by atoms with Crippen molar-refractivity contribution in [1.29, 1.82) is 0 Å². The van der Waals surface area contributed by atoms with Gasteiger partial charge in [0.25, 0.3) is 0 Å². The van der Waals surface area contributed by atoms with E-state index in [4.69, 9.17) is 11.6 Å². The summed E-state index contributed by atoms with van der Waals surface area (Å²) in [6.07, 6.45) is 0. The van der Waals surface area contributed by atoms with Gasteiger partial charge in [-0.05, 0) is 49.4 Å². The Balaban J connectivity index is 3.11. The van der Waals surface area contributed by atoms with Gasteiger partial charge in [-0.15, -0.1) is 5.92 Å². The molecule has 0 fully saturated rings. The first-order valence-corrected chi connectivity index (χ1v) is 6.04. The number of halogens is 1. The van der Waals surface area contributed by atoms with Crippen LogP contribution in [-0.2, 0) is 0 Å². The lowest BCUT2D eigenvalue weighted by Gasteiger charge is -2.18.